The molecular formula is C29H38N2O7. The van der Waals surface area contributed by atoms with E-state index in [9.17, 15) is 19.5 Å². The van der Waals surface area contributed by atoms with Crippen molar-refractivity contribution < 1.29 is 33.7 Å². The zero-order chi connectivity index (χ0) is 27.7. The SMILES string of the molecule is CCOc1cc(CN(CCOCc2ccccc2)C(=O)NC2(C(=O)O)CC2)c(CC)c(OCC)c1C(C)=O. The highest BCUT2D eigenvalue weighted by Crippen LogP contribution is 2.38. The summed E-state index contributed by atoms with van der Waals surface area (Å²) in [7, 11) is 0. The summed E-state index contributed by atoms with van der Waals surface area (Å²) in [4.78, 5) is 39.2. The quantitative estimate of drug-likeness (QED) is 0.258. The molecule has 0 spiro atoms. The van der Waals surface area contributed by atoms with Crippen molar-refractivity contribution in [3.63, 3.8) is 0 Å². The van der Waals surface area contributed by atoms with Gasteiger partial charge in [-0.1, -0.05) is 37.3 Å². The van der Waals surface area contributed by atoms with E-state index in [0.29, 0.717) is 56.1 Å². The third-order valence-electron chi connectivity index (χ3n) is 6.51. The summed E-state index contributed by atoms with van der Waals surface area (Å²) in [5.74, 6) is -0.337. The molecule has 0 saturated heterocycles. The molecule has 0 aromatic heterocycles. The van der Waals surface area contributed by atoms with Crippen molar-refractivity contribution >= 4 is 17.8 Å². The highest BCUT2D eigenvalue weighted by molar-refractivity contribution is 6.00. The summed E-state index contributed by atoms with van der Waals surface area (Å²) < 4.78 is 17.6. The maximum atomic E-state index is 13.3. The number of urea groups is 1. The molecule has 2 N–H and O–H groups in total. The van der Waals surface area contributed by atoms with Gasteiger partial charge < -0.3 is 29.5 Å². The zero-order valence-electron chi connectivity index (χ0n) is 22.7. The maximum Gasteiger partial charge on any atom is 0.329 e. The van der Waals surface area contributed by atoms with Crippen LogP contribution in [0.25, 0.3) is 0 Å². The minimum atomic E-state index is -1.22. The first-order chi connectivity index (χ1) is 18.3. The Kier molecular flexibility index (Phi) is 10.1. The molecule has 1 aliphatic carbocycles. The Hall–Kier alpha value is -3.59. The number of Topliss-reactive ketones (excluding diaryl/α,β-unsaturated/α-hetero) is 1. The molecule has 3 rings (SSSR count). The molecule has 2 aromatic rings. The van der Waals surface area contributed by atoms with Crippen LogP contribution >= 0.6 is 0 Å². The topological polar surface area (TPSA) is 114 Å². The van der Waals surface area contributed by atoms with Gasteiger partial charge in [0.15, 0.2) is 5.78 Å². The van der Waals surface area contributed by atoms with E-state index in [1.807, 2.05) is 51.1 Å². The van der Waals surface area contributed by atoms with Crippen LogP contribution in [0.3, 0.4) is 0 Å². The second-order valence-electron chi connectivity index (χ2n) is 9.27. The standard InChI is InChI=1S/C29H38N2O7/c1-5-23-22(17-24(37-6-2)25(20(4)32)26(23)38-7-3)18-31(28(35)30-29(13-14-29)27(33)34)15-16-36-19-21-11-9-8-10-12-21/h8-12,17H,5-7,13-16,18-19H2,1-4H3,(H,30,35)(H,33,34). The number of ketones is 1. The van der Waals surface area contributed by atoms with Crippen molar-refractivity contribution in [2.75, 3.05) is 26.4 Å². The van der Waals surface area contributed by atoms with Crippen molar-refractivity contribution in [1.29, 1.82) is 0 Å². The molecular weight excluding hydrogens is 488 g/mol. The van der Waals surface area contributed by atoms with Crippen LogP contribution in [0.5, 0.6) is 11.5 Å². The molecule has 2 aromatic carbocycles. The Morgan fingerprint density at radius 1 is 1.05 bits per heavy atom. The van der Waals surface area contributed by atoms with E-state index in [-0.39, 0.29) is 25.5 Å². The van der Waals surface area contributed by atoms with Crippen LogP contribution in [0.1, 0.15) is 67.6 Å². The predicted molar refractivity (Wildman–Crippen MR) is 143 cm³/mol. The average molecular weight is 527 g/mol. The van der Waals surface area contributed by atoms with Gasteiger partial charge in [0, 0.05) is 13.1 Å². The summed E-state index contributed by atoms with van der Waals surface area (Å²) in [5.41, 5.74) is 1.76. The van der Waals surface area contributed by atoms with E-state index in [1.165, 1.54) is 6.92 Å². The summed E-state index contributed by atoms with van der Waals surface area (Å²) >= 11 is 0. The average Bonchev–Trinajstić information content (AvgIpc) is 3.67. The van der Waals surface area contributed by atoms with Gasteiger partial charge in [-0.25, -0.2) is 9.59 Å². The Labute approximate surface area is 224 Å². The number of carboxylic acids is 1. The number of nitrogens with zero attached hydrogens (tertiary/aromatic N) is 1. The van der Waals surface area contributed by atoms with Gasteiger partial charge in [0.05, 0.1) is 26.4 Å². The molecule has 1 fully saturated rings. The summed E-state index contributed by atoms with van der Waals surface area (Å²) in [6.45, 7) is 8.89. The largest absolute Gasteiger partial charge is 0.493 e. The Morgan fingerprint density at radius 2 is 1.74 bits per heavy atom. The van der Waals surface area contributed by atoms with E-state index < -0.39 is 17.5 Å². The van der Waals surface area contributed by atoms with Crippen molar-refractivity contribution in [2.24, 2.45) is 0 Å². The van der Waals surface area contributed by atoms with Crippen LogP contribution in [0.15, 0.2) is 36.4 Å². The first-order valence-electron chi connectivity index (χ1n) is 13.1. The van der Waals surface area contributed by atoms with E-state index in [2.05, 4.69) is 5.32 Å². The molecule has 0 bridgehead atoms. The normalized spacial score (nSPS) is 13.5. The molecule has 206 valence electrons. The molecule has 9 heteroatoms. The third kappa shape index (κ3) is 7.04. The van der Waals surface area contributed by atoms with Gasteiger partial charge in [0.1, 0.15) is 22.6 Å². The van der Waals surface area contributed by atoms with Crippen LogP contribution in [0, 0.1) is 0 Å². The number of hydrogen-bond donors (Lipinski definition) is 2. The van der Waals surface area contributed by atoms with Crippen molar-refractivity contribution in [1.82, 2.24) is 10.2 Å². The smallest absolute Gasteiger partial charge is 0.329 e. The molecule has 0 atom stereocenters. The lowest BCUT2D eigenvalue weighted by molar-refractivity contribution is -0.140. The number of carboxylic acid groups (broad SMARTS) is 1. The Bertz CT molecular complexity index is 1130. The molecule has 1 aliphatic rings. The highest BCUT2D eigenvalue weighted by Gasteiger charge is 2.52. The number of aliphatic carboxylic acids is 1. The number of carbonyl (C=O) groups is 3. The van der Waals surface area contributed by atoms with Crippen LogP contribution in [-0.4, -0.2) is 59.7 Å². The van der Waals surface area contributed by atoms with Gasteiger partial charge in [-0.3, -0.25) is 4.79 Å². The minimum absolute atomic E-state index is 0.164. The zero-order valence-corrected chi connectivity index (χ0v) is 22.7. The van der Waals surface area contributed by atoms with Gasteiger partial charge in [0.2, 0.25) is 0 Å². The maximum absolute atomic E-state index is 13.3. The Balaban J connectivity index is 1.90. The number of benzene rings is 2. The first-order valence-corrected chi connectivity index (χ1v) is 13.1. The van der Waals surface area contributed by atoms with E-state index in [4.69, 9.17) is 14.2 Å². The fourth-order valence-electron chi connectivity index (χ4n) is 4.36. The highest BCUT2D eigenvalue weighted by atomic mass is 16.5. The predicted octanol–water partition coefficient (Wildman–Crippen LogP) is 4.59. The molecule has 0 aliphatic heterocycles. The van der Waals surface area contributed by atoms with Gasteiger partial charge >= 0.3 is 12.0 Å². The van der Waals surface area contributed by atoms with Gasteiger partial charge in [-0.2, -0.15) is 0 Å². The van der Waals surface area contributed by atoms with Gasteiger partial charge in [0.25, 0.3) is 0 Å². The van der Waals surface area contributed by atoms with E-state index >= 15 is 0 Å². The molecule has 0 unspecified atom stereocenters. The fourth-order valence-corrected chi connectivity index (χ4v) is 4.36. The molecule has 1 saturated carbocycles. The van der Waals surface area contributed by atoms with Crippen molar-refractivity contribution in [3.8, 4) is 11.5 Å². The summed E-state index contributed by atoms with van der Waals surface area (Å²) in [6, 6.07) is 11.0. The van der Waals surface area contributed by atoms with Crippen LogP contribution < -0.4 is 14.8 Å². The van der Waals surface area contributed by atoms with Gasteiger partial charge in [-0.05, 0) is 62.8 Å². The van der Waals surface area contributed by atoms with Crippen LogP contribution in [-0.2, 0) is 29.1 Å². The summed E-state index contributed by atoms with van der Waals surface area (Å²) in [5, 5.41) is 12.3. The number of nitrogens with one attached hydrogen (secondary N) is 1. The second kappa shape index (κ2) is 13.3. The van der Waals surface area contributed by atoms with Crippen LogP contribution in [0.4, 0.5) is 4.79 Å². The first kappa shape index (κ1) is 29.0. The number of amides is 2. The number of rotatable bonds is 15. The number of hydrogen-bond acceptors (Lipinski definition) is 6. The summed E-state index contributed by atoms with van der Waals surface area (Å²) in [6.07, 6.45) is 1.35. The van der Waals surface area contributed by atoms with Crippen molar-refractivity contribution in [2.45, 2.75) is 65.6 Å². The molecule has 38 heavy (non-hydrogen) atoms. The molecule has 0 radical (unpaired) electrons. The van der Waals surface area contributed by atoms with E-state index in [0.717, 1.165) is 16.7 Å². The number of carbonyl (C=O) groups excluding carboxylic acids is 2. The van der Waals surface area contributed by atoms with Gasteiger partial charge in [-0.15, -0.1) is 0 Å². The lowest BCUT2D eigenvalue weighted by Crippen LogP contribution is -2.50. The minimum Gasteiger partial charge on any atom is -0.493 e. The Morgan fingerprint density at radius 3 is 2.29 bits per heavy atom. The molecule has 9 nitrogen and oxygen atoms in total. The monoisotopic (exact) mass is 526 g/mol. The lowest BCUT2D eigenvalue weighted by Gasteiger charge is -2.28. The molecule has 0 heterocycles. The second-order valence-corrected chi connectivity index (χ2v) is 9.27. The van der Waals surface area contributed by atoms with Crippen LogP contribution in [0.2, 0.25) is 0 Å². The fraction of sp³-hybridized carbons (Fsp3) is 0.483. The lowest BCUT2D eigenvalue weighted by atomic mass is 9.96. The van der Waals surface area contributed by atoms with Crippen molar-refractivity contribution in [3.05, 3.63) is 58.7 Å². The third-order valence-corrected chi connectivity index (χ3v) is 6.51. The number of ether oxygens (including phenoxy) is 3. The van der Waals surface area contributed by atoms with E-state index in [1.54, 1.807) is 11.0 Å². The molecule has 2 amide bonds.